The zero-order chi connectivity index (χ0) is 18.4. The highest BCUT2D eigenvalue weighted by molar-refractivity contribution is 5.86. The number of hydrogen-bond donors (Lipinski definition) is 2. The molecule has 6 heteroatoms. The van der Waals surface area contributed by atoms with Crippen LogP contribution in [-0.4, -0.2) is 46.3 Å². The van der Waals surface area contributed by atoms with Gasteiger partial charge in [0.1, 0.15) is 0 Å². The maximum Gasteiger partial charge on any atom is 0.255 e. The Morgan fingerprint density at radius 1 is 1.35 bits per heavy atom. The predicted octanol–water partition coefficient (Wildman–Crippen LogP) is 2.65. The first-order valence-corrected chi connectivity index (χ1v) is 10.3. The number of aliphatic hydroxyl groups is 1. The van der Waals surface area contributed by atoms with Crippen LogP contribution in [0.4, 0.5) is 0 Å². The molecular weight excluding hydrogens is 330 g/mol. The van der Waals surface area contributed by atoms with Crippen molar-refractivity contribution in [3.05, 3.63) is 17.5 Å². The third-order valence-electron chi connectivity index (χ3n) is 5.92. The third kappa shape index (κ3) is 4.86. The monoisotopic (exact) mass is 363 g/mol. The second kappa shape index (κ2) is 9.00. The normalized spacial score (nSPS) is 25.0. The van der Waals surface area contributed by atoms with Gasteiger partial charge in [-0.25, -0.2) is 0 Å². The molecule has 0 spiro atoms. The summed E-state index contributed by atoms with van der Waals surface area (Å²) < 4.78 is 5.24. The quantitative estimate of drug-likeness (QED) is 0.742. The largest absolute Gasteiger partial charge is 0.379 e. The minimum absolute atomic E-state index is 0.112. The van der Waals surface area contributed by atoms with Crippen LogP contribution in [0.15, 0.2) is 10.6 Å². The van der Waals surface area contributed by atoms with E-state index in [1.165, 1.54) is 32.1 Å². The predicted molar refractivity (Wildman–Crippen MR) is 99.5 cm³/mol. The third-order valence-corrected chi connectivity index (χ3v) is 5.92. The number of piperidine rings is 1. The van der Waals surface area contributed by atoms with Crippen LogP contribution in [0, 0.1) is 5.92 Å². The van der Waals surface area contributed by atoms with Crippen molar-refractivity contribution in [1.29, 1.82) is 0 Å². The Morgan fingerprint density at radius 2 is 2.15 bits per heavy atom. The molecule has 2 N–H and O–H groups in total. The lowest BCUT2D eigenvalue weighted by Gasteiger charge is -2.39. The van der Waals surface area contributed by atoms with Crippen molar-refractivity contribution in [3.63, 3.8) is 0 Å². The fourth-order valence-electron chi connectivity index (χ4n) is 4.25. The number of nitrogens with zero attached hydrogens (tertiary/aromatic N) is 2. The molecule has 0 aromatic carbocycles. The topological polar surface area (TPSA) is 78.6 Å². The van der Waals surface area contributed by atoms with Crippen molar-refractivity contribution in [2.75, 3.05) is 19.6 Å². The van der Waals surface area contributed by atoms with Crippen LogP contribution < -0.4 is 5.32 Å². The van der Waals surface area contributed by atoms with Crippen LogP contribution in [0.3, 0.4) is 0 Å². The summed E-state index contributed by atoms with van der Waals surface area (Å²) in [6.07, 6.45) is 9.90. The van der Waals surface area contributed by atoms with Crippen molar-refractivity contribution >= 4 is 5.91 Å². The first-order valence-electron chi connectivity index (χ1n) is 10.3. The van der Waals surface area contributed by atoms with E-state index in [0.29, 0.717) is 13.0 Å². The van der Waals surface area contributed by atoms with Gasteiger partial charge in [0.2, 0.25) is 0 Å². The van der Waals surface area contributed by atoms with E-state index in [1.54, 1.807) is 0 Å². The summed E-state index contributed by atoms with van der Waals surface area (Å²) in [5.41, 5.74) is -0.374. The molecule has 0 unspecified atom stereocenters. The molecule has 1 amide bonds. The molecule has 0 bridgehead atoms. The molecule has 2 fully saturated rings. The molecule has 1 aliphatic carbocycles. The van der Waals surface area contributed by atoms with Gasteiger partial charge < -0.3 is 19.8 Å². The Morgan fingerprint density at radius 3 is 2.88 bits per heavy atom. The number of aromatic nitrogens is 1. The first-order chi connectivity index (χ1) is 12.6. The maximum atomic E-state index is 12.8. The van der Waals surface area contributed by atoms with Crippen molar-refractivity contribution in [3.8, 4) is 0 Å². The van der Waals surface area contributed by atoms with Gasteiger partial charge in [-0.2, -0.15) is 0 Å². The molecule has 1 saturated heterocycles. The summed E-state index contributed by atoms with van der Waals surface area (Å²) in [4.78, 5) is 14.7. The summed E-state index contributed by atoms with van der Waals surface area (Å²) in [6, 6.07) is 1.91. The second-order valence-electron chi connectivity index (χ2n) is 7.96. The highest BCUT2D eigenvalue weighted by atomic mass is 16.5. The molecule has 2 aliphatic rings. The fourth-order valence-corrected chi connectivity index (χ4v) is 4.25. The number of aryl methyl sites for hydroxylation is 1. The Labute approximate surface area is 156 Å². The molecular formula is C20H33N3O3. The smallest absolute Gasteiger partial charge is 0.255 e. The number of carbonyl (C=O) groups is 1. The van der Waals surface area contributed by atoms with Crippen LogP contribution in [-0.2, 0) is 17.8 Å². The van der Waals surface area contributed by atoms with Gasteiger partial charge in [-0.05, 0) is 31.6 Å². The summed E-state index contributed by atoms with van der Waals surface area (Å²) in [5.74, 6) is 1.38. The van der Waals surface area contributed by atoms with Crippen molar-refractivity contribution in [2.24, 2.45) is 5.92 Å². The lowest BCUT2D eigenvalue weighted by Crippen LogP contribution is -2.58. The van der Waals surface area contributed by atoms with Crippen LogP contribution in [0.5, 0.6) is 0 Å². The lowest BCUT2D eigenvalue weighted by molar-refractivity contribution is -0.156. The van der Waals surface area contributed by atoms with Crippen LogP contribution in [0.1, 0.15) is 69.7 Å². The number of nitrogens with one attached hydrogen (secondary N) is 1. The first kappa shape index (κ1) is 19.4. The molecule has 1 aromatic rings. The number of carbonyl (C=O) groups excluding carboxylic acids is 1. The van der Waals surface area contributed by atoms with Crippen molar-refractivity contribution < 1.29 is 14.4 Å². The molecule has 1 saturated carbocycles. The number of hydrogen-bond acceptors (Lipinski definition) is 5. The zero-order valence-corrected chi connectivity index (χ0v) is 16.0. The van der Waals surface area contributed by atoms with Gasteiger partial charge in [-0.1, -0.05) is 44.2 Å². The van der Waals surface area contributed by atoms with E-state index in [4.69, 9.17) is 4.52 Å². The average molecular weight is 364 g/mol. The van der Waals surface area contributed by atoms with E-state index in [9.17, 15) is 9.90 Å². The minimum Gasteiger partial charge on any atom is -0.379 e. The lowest BCUT2D eigenvalue weighted by atomic mass is 9.86. The fraction of sp³-hybridized carbons (Fsp3) is 0.800. The maximum absolute atomic E-state index is 12.8. The molecule has 1 atom stereocenters. The standard InChI is InChI=1S/C20H33N3O3/c1-2-17-13-18(26-22-17)14-21-15-20(25)10-6-11-23(19(20)24)12-9-16-7-4-3-5-8-16/h13,16,21,25H,2-12,14-15H2,1H3/t20-/m0/s1. The Balaban J connectivity index is 1.46. The van der Waals surface area contributed by atoms with E-state index < -0.39 is 5.60 Å². The van der Waals surface area contributed by atoms with E-state index in [0.717, 1.165) is 49.7 Å². The molecule has 1 aliphatic heterocycles. The van der Waals surface area contributed by atoms with Crippen LogP contribution >= 0.6 is 0 Å². The summed E-state index contributed by atoms with van der Waals surface area (Å²) >= 11 is 0. The summed E-state index contributed by atoms with van der Waals surface area (Å²) in [5, 5.41) is 18.0. The SMILES string of the molecule is CCc1cc(CNC[C@@]2(O)CCCN(CCC3CCCCC3)C2=O)on1. The average Bonchev–Trinajstić information content (AvgIpc) is 3.12. The highest BCUT2D eigenvalue weighted by Gasteiger charge is 2.41. The van der Waals surface area contributed by atoms with Crippen LogP contribution in [0.25, 0.3) is 0 Å². The molecule has 6 nitrogen and oxygen atoms in total. The minimum atomic E-state index is -1.29. The zero-order valence-electron chi connectivity index (χ0n) is 16.0. The van der Waals surface area contributed by atoms with Crippen molar-refractivity contribution in [2.45, 2.75) is 76.9 Å². The number of amides is 1. The molecule has 1 aromatic heterocycles. The highest BCUT2D eigenvalue weighted by Crippen LogP contribution is 2.28. The van der Waals surface area contributed by atoms with E-state index in [1.807, 2.05) is 17.9 Å². The molecule has 2 heterocycles. The van der Waals surface area contributed by atoms with E-state index in [-0.39, 0.29) is 12.5 Å². The molecule has 146 valence electrons. The van der Waals surface area contributed by atoms with E-state index >= 15 is 0 Å². The second-order valence-corrected chi connectivity index (χ2v) is 7.96. The van der Waals surface area contributed by atoms with E-state index in [2.05, 4.69) is 10.5 Å². The van der Waals surface area contributed by atoms with Gasteiger partial charge in [0.05, 0.1) is 12.2 Å². The number of rotatable bonds is 8. The van der Waals surface area contributed by atoms with Gasteiger partial charge in [-0.3, -0.25) is 4.79 Å². The summed E-state index contributed by atoms with van der Waals surface area (Å²) in [7, 11) is 0. The molecule has 0 radical (unpaired) electrons. The summed E-state index contributed by atoms with van der Waals surface area (Å²) in [6.45, 7) is 4.32. The Kier molecular flexibility index (Phi) is 6.70. The number of likely N-dealkylation sites (tertiary alicyclic amines) is 1. The van der Waals surface area contributed by atoms with Gasteiger partial charge in [0, 0.05) is 25.7 Å². The molecule has 3 rings (SSSR count). The van der Waals surface area contributed by atoms with Gasteiger partial charge >= 0.3 is 0 Å². The van der Waals surface area contributed by atoms with Crippen LogP contribution in [0.2, 0.25) is 0 Å². The molecule has 26 heavy (non-hydrogen) atoms. The van der Waals surface area contributed by atoms with Crippen molar-refractivity contribution in [1.82, 2.24) is 15.4 Å². The van der Waals surface area contributed by atoms with Gasteiger partial charge in [0.15, 0.2) is 11.4 Å². The Hall–Kier alpha value is -1.40. The Bertz CT molecular complexity index is 583. The van der Waals surface area contributed by atoms with Gasteiger partial charge in [0.25, 0.3) is 5.91 Å². The van der Waals surface area contributed by atoms with Gasteiger partial charge in [-0.15, -0.1) is 0 Å².